The number of aryl methyl sites for hydroxylation is 1. The van der Waals surface area contributed by atoms with Crippen molar-refractivity contribution < 1.29 is 4.57 Å². The Balaban J connectivity index is 1.80. The van der Waals surface area contributed by atoms with Gasteiger partial charge in [-0.15, -0.1) is 10.2 Å². The maximum Gasteiger partial charge on any atom is 0.168 e. The molecule has 8 heteroatoms. The van der Waals surface area contributed by atoms with Gasteiger partial charge in [-0.25, -0.2) is 9.25 Å². The molecule has 0 aliphatic carbocycles. The molecule has 3 aromatic rings. The minimum atomic E-state index is 0.435. The summed E-state index contributed by atoms with van der Waals surface area (Å²) in [6, 6.07) is 9.01. The second kappa shape index (κ2) is 6.98. The van der Waals surface area contributed by atoms with Crippen LogP contribution in [0.5, 0.6) is 0 Å². The van der Waals surface area contributed by atoms with Crippen LogP contribution in [-0.4, -0.2) is 9.78 Å². The summed E-state index contributed by atoms with van der Waals surface area (Å²) in [4.78, 5) is 0. The number of halogens is 2. The number of azo groups is 1. The molecule has 3 rings (SSSR count). The van der Waals surface area contributed by atoms with E-state index in [1.807, 2.05) is 36.1 Å². The second-order valence-electron chi connectivity index (χ2n) is 5.24. The Labute approximate surface area is 149 Å². The van der Waals surface area contributed by atoms with Crippen molar-refractivity contribution in [2.75, 3.05) is 5.73 Å². The van der Waals surface area contributed by atoms with Crippen molar-refractivity contribution >= 4 is 40.4 Å². The number of nitrogens with zero attached hydrogens (tertiary/aromatic N) is 5. The number of nitrogen functional groups attached to an aromatic ring is 1. The molecule has 0 spiro atoms. The molecule has 0 saturated carbocycles. The number of pyridine rings is 1. The van der Waals surface area contributed by atoms with Crippen molar-refractivity contribution in [1.29, 1.82) is 0 Å². The summed E-state index contributed by atoms with van der Waals surface area (Å²) in [7, 11) is 1.96. The number of aromatic nitrogens is 3. The lowest BCUT2D eigenvalue weighted by Gasteiger charge is -2.03. The van der Waals surface area contributed by atoms with Gasteiger partial charge in [0.25, 0.3) is 0 Å². The van der Waals surface area contributed by atoms with Crippen molar-refractivity contribution in [2.45, 2.75) is 6.54 Å². The predicted molar refractivity (Wildman–Crippen MR) is 94.0 cm³/mol. The highest BCUT2D eigenvalue weighted by Crippen LogP contribution is 2.31. The fourth-order valence-electron chi connectivity index (χ4n) is 2.07. The predicted octanol–water partition coefficient (Wildman–Crippen LogP) is 4.06. The Bertz CT molecular complexity index is 886. The molecule has 0 unspecified atom stereocenters. The zero-order valence-corrected chi connectivity index (χ0v) is 14.4. The zero-order valence-electron chi connectivity index (χ0n) is 12.9. The summed E-state index contributed by atoms with van der Waals surface area (Å²) in [5.74, 6) is 0.435. The van der Waals surface area contributed by atoms with E-state index in [1.165, 1.54) is 0 Å². The fraction of sp³-hybridized carbons (Fsp3) is 0.125. The van der Waals surface area contributed by atoms with Crippen LogP contribution >= 0.6 is 23.2 Å². The Morgan fingerprint density at radius 3 is 2.58 bits per heavy atom. The van der Waals surface area contributed by atoms with E-state index in [0.29, 0.717) is 33.8 Å². The molecular formula is C16H15Cl2N6+. The Kier molecular flexibility index (Phi) is 4.78. The molecule has 0 atom stereocenters. The first-order chi connectivity index (χ1) is 11.5. The molecule has 2 aromatic heterocycles. The first-order valence-electron chi connectivity index (χ1n) is 7.15. The molecule has 24 heavy (non-hydrogen) atoms. The van der Waals surface area contributed by atoms with Crippen molar-refractivity contribution in [3.63, 3.8) is 0 Å². The van der Waals surface area contributed by atoms with Crippen LogP contribution in [0.1, 0.15) is 5.56 Å². The van der Waals surface area contributed by atoms with E-state index in [-0.39, 0.29) is 0 Å². The minimum absolute atomic E-state index is 0.435. The van der Waals surface area contributed by atoms with E-state index in [0.717, 1.165) is 5.56 Å². The van der Waals surface area contributed by atoms with Gasteiger partial charge in [0.05, 0.1) is 17.8 Å². The molecule has 0 aliphatic rings. The lowest BCUT2D eigenvalue weighted by Crippen LogP contribution is -2.26. The average Bonchev–Trinajstić information content (AvgIpc) is 2.91. The second-order valence-corrected chi connectivity index (χ2v) is 6.08. The lowest BCUT2D eigenvalue weighted by atomic mass is 10.3. The fourth-order valence-corrected chi connectivity index (χ4v) is 2.39. The monoisotopic (exact) mass is 361 g/mol. The highest BCUT2D eigenvalue weighted by Gasteiger charge is 2.08. The standard InChI is InChI=1S/C16H15Cl2N6/c1-23-6-4-11(5-7-23)10-24-16(19)15(9-20-24)22-21-14-8-12(17)2-3-13(14)18/h2-9H,10,19H2,1H3/q+1. The van der Waals surface area contributed by atoms with Crippen LogP contribution in [0.2, 0.25) is 10.0 Å². The van der Waals surface area contributed by atoms with Crippen molar-refractivity contribution in [1.82, 2.24) is 9.78 Å². The first-order valence-corrected chi connectivity index (χ1v) is 7.91. The number of benzene rings is 1. The van der Waals surface area contributed by atoms with Gasteiger partial charge < -0.3 is 5.73 Å². The quantitative estimate of drug-likeness (QED) is 0.562. The lowest BCUT2D eigenvalue weighted by molar-refractivity contribution is -0.671. The van der Waals surface area contributed by atoms with Gasteiger partial charge in [0.1, 0.15) is 24.2 Å². The normalized spacial score (nSPS) is 11.3. The Morgan fingerprint density at radius 2 is 1.83 bits per heavy atom. The molecule has 0 fully saturated rings. The van der Waals surface area contributed by atoms with E-state index >= 15 is 0 Å². The molecule has 1 aromatic carbocycles. The van der Waals surface area contributed by atoms with Gasteiger partial charge in [0.2, 0.25) is 0 Å². The summed E-state index contributed by atoms with van der Waals surface area (Å²) < 4.78 is 3.63. The van der Waals surface area contributed by atoms with Gasteiger partial charge in [-0.2, -0.15) is 5.10 Å². The maximum atomic E-state index is 6.10. The number of rotatable bonds is 4. The SMILES string of the molecule is C[n+]1ccc(Cn2ncc(N=Nc3cc(Cl)ccc3Cl)c2N)cc1. The highest BCUT2D eigenvalue weighted by atomic mass is 35.5. The van der Waals surface area contributed by atoms with E-state index in [9.17, 15) is 0 Å². The third kappa shape index (κ3) is 3.72. The van der Waals surface area contributed by atoms with E-state index in [2.05, 4.69) is 15.3 Å². The first kappa shape index (κ1) is 16.4. The van der Waals surface area contributed by atoms with Crippen molar-refractivity contribution in [3.05, 3.63) is 64.5 Å². The van der Waals surface area contributed by atoms with Crippen LogP contribution in [0.4, 0.5) is 17.2 Å². The highest BCUT2D eigenvalue weighted by molar-refractivity contribution is 6.35. The zero-order chi connectivity index (χ0) is 17.1. The largest absolute Gasteiger partial charge is 0.382 e. The van der Waals surface area contributed by atoms with Crippen LogP contribution in [-0.2, 0) is 13.6 Å². The van der Waals surface area contributed by atoms with Gasteiger partial charge in [-0.3, -0.25) is 0 Å². The molecular weight excluding hydrogens is 347 g/mol. The number of hydrogen-bond acceptors (Lipinski definition) is 4. The molecule has 0 amide bonds. The van der Waals surface area contributed by atoms with Gasteiger partial charge in [-0.1, -0.05) is 23.2 Å². The minimum Gasteiger partial charge on any atom is -0.382 e. The molecule has 2 heterocycles. The molecule has 0 radical (unpaired) electrons. The van der Waals surface area contributed by atoms with Crippen LogP contribution in [0.3, 0.4) is 0 Å². The van der Waals surface area contributed by atoms with Crippen LogP contribution < -0.4 is 10.3 Å². The third-order valence-corrected chi connectivity index (χ3v) is 3.97. The Morgan fingerprint density at radius 1 is 1.12 bits per heavy atom. The average molecular weight is 362 g/mol. The van der Waals surface area contributed by atoms with Crippen LogP contribution in [0.15, 0.2) is 59.2 Å². The van der Waals surface area contributed by atoms with Crippen molar-refractivity contribution in [3.8, 4) is 0 Å². The Hall–Kier alpha value is -2.44. The van der Waals surface area contributed by atoms with Crippen LogP contribution in [0.25, 0.3) is 0 Å². The molecule has 0 saturated heterocycles. The van der Waals surface area contributed by atoms with Gasteiger partial charge in [0, 0.05) is 17.2 Å². The van der Waals surface area contributed by atoms with E-state index in [4.69, 9.17) is 28.9 Å². The topological polar surface area (TPSA) is 72.4 Å². The summed E-state index contributed by atoms with van der Waals surface area (Å²) in [5, 5.41) is 13.5. The number of anilines is 1. The molecule has 2 N–H and O–H groups in total. The van der Waals surface area contributed by atoms with Crippen LogP contribution in [0, 0.1) is 0 Å². The van der Waals surface area contributed by atoms with Gasteiger partial charge in [0.15, 0.2) is 12.4 Å². The van der Waals surface area contributed by atoms with E-state index in [1.54, 1.807) is 29.1 Å². The third-order valence-electron chi connectivity index (χ3n) is 3.41. The summed E-state index contributed by atoms with van der Waals surface area (Å²) in [6.45, 7) is 0.556. The van der Waals surface area contributed by atoms with Crippen molar-refractivity contribution in [2.24, 2.45) is 17.3 Å². The number of nitrogens with two attached hydrogens (primary N) is 1. The summed E-state index contributed by atoms with van der Waals surface area (Å²) in [5.41, 5.74) is 8.14. The summed E-state index contributed by atoms with van der Waals surface area (Å²) in [6.07, 6.45) is 5.51. The number of hydrogen-bond donors (Lipinski definition) is 1. The molecule has 122 valence electrons. The smallest absolute Gasteiger partial charge is 0.168 e. The maximum absolute atomic E-state index is 6.10. The van der Waals surface area contributed by atoms with Gasteiger partial charge in [-0.05, 0) is 23.8 Å². The van der Waals surface area contributed by atoms with E-state index < -0.39 is 0 Å². The molecule has 6 nitrogen and oxygen atoms in total. The molecule has 0 aliphatic heterocycles. The summed E-state index contributed by atoms with van der Waals surface area (Å²) >= 11 is 12.0. The molecule has 0 bridgehead atoms. The van der Waals surface area contributed by atoms with Gasteiger partial charge >= 0.3 is 0 Å².